The number of hydrogen-bond acceptors (Lipinski definition) is 5. The number of ether oxygens (including phenoxy) is 2. The van der Waals surface area contributed by atoms with Crippen molar-refractivity contribution in [2.45, 2.75) is 31.2 Å². The van der Waals surface area contributed by atoms with Gasteiger partial charge in [-0.2, -0.15) is 0 Å². The van der Waals surface area contributed by atoms with Crippen molar-refractivity contribution in [3.8, 4) is 11.5 Å². The van der Waals surface area contributed by atoms with Crippen molar-refractivity contribution in [3.05, 3.63) is 18.2 Å². The van der Waals surface area contributed by atoms with E-state index in [1.165, 1.54) is 12.1 Å². The highest BCUT2D eigenvalue weighted by molar-refractivity contribution is 5.86. The normalized spacial score (nSPS) is 35.7. The Kier molecular flexibility index (Phi) is 3.82. The van der Waals surface area contributed by atoms with Crippen LogP contribution in [0.5, 0.6) is 11.5 Å². The fourth-order valence-electron chi connectivity index (χ4n) is 4.18. The Morgan fingerprint density at radius 3 is 2.64 bits per heavy atom. The lowest BCUT2D eigenvalue weighted by atomic mass is 9.74. The average molecular weight is 374 g/mol. The van der Waals surface area contributed by atoms with Gasteiger partial charge in [0.1, 0.15) is 11.4 Å². The van der Waals surface area contributed by atoms with Crippen LogP contribution in [0.15, 0.2) is 23.2 Å². The number of halogens is 3. The van der Waals surface area contributed by atoms with Gasteiger partial charge in [0.25, 0.3) is 0 Å². The average Bonchev–Trinajstić information content (AvgIpc) is 3.07. The Hall–Kier alpha value is -1.64. The summed E-state index contributed by atoms with van der Waals surface area (Å²) in [5.74, 6) is 1.28. The van der Waals surface area contributed by atoms with E-state index in [1.54, 1.807) is 6.07 Å². The van der Waals surface area contributed by atoms with Crippen molar-refractivity contribution in [1.82, 2.24) is 10.4 Å². The summed E-state index contributed by atoms with van der Waals surface area (Å²) in [6.07, 6.45) is -0.608. The summed E-state index contributed by atoms with van der Waals surface area (Å²) in [4.78, 5) is 12.8. The summed E-state index contributed by atoms with van der Waals surface area (Å²) in [6.45, 7) is 3.19. The number of hydroxylamine groups is 1. The monoisotopic (exact) mass is 373 g/mol. The summed E-state index contributed by atoms with van der Waals surface area (Å²) in [7, 11) is 0. The molecular formula is C16H18ClF2N3O3. The quantitative estimate of drug-likeness (QED) is 0.820. The molecule has 4 saturated heterocycles. The largest absolute Gasteiger partial charge is 0.586 e. The lowest BCUT2D eigenvalue weighted by Gasteiger charge is -2.49. The second-order valence-corrected chi connectivity index (χ2v) is 6.85. The molecule has 1 aromatic rings. The van der Waals surface area contributed by atoms with Crippen molar-refractivity contribution < 1.29 is 23.1 Å². The van der Waals surface area contributed by atoms with Gasteiger partial charge < -0.3 is 14.4 Å². The Morgan fingerprint density at radius 2 is 1.92 bits per heavy atom. The lowest BCUT2D eigenvalue weighted by Crippen LogP contribution is -2.59. The molecule has 0 saturated carbocycles. The number of fused-ring (bicyclic) bond motifs is 3. The number of piperidine rings is 3. The zero-order chi connectivity index (χ0) is 16.4. The maximum absolute atomic E-state index is 13.1. The molecule has 0 amide bonds. The van der Waals surface area contributed by atoms with Gasteiger partial charge in [0.2, 0.25) is 0 Å². The van der Waals surface area contributed by atoms with Crippen LogP contribution in [-0.2, 0) is 4.84 Å². The summed E-state index contributed by atoms with van der Waals surface area (Å²) in [6, 6.07) is 4.52. The Labute approximate surface area is 149 Å². The number of benzene rings is 1. The minimum atomic E-state index is -3.61. The van der Waals surface area contributed by atoms with Crippen LogP contribution in [0, 0.1) is 5.92 Å². The van der Waals surface area contributed by atoms with E-state index in [-0.39, 0.29) is 29.5 Å². The van der Waals surface area contributed by atoms with E-state index in [0.29, 0.717) is 18.0 Å². The van der Waals surface area contributed by atoms with Gasteiger partial charge in [-0.15, -0.1) is 21.2 Å². The molecule has 0 aliphatic carbocycles. The molecule has 6 rings (SSSR count). The lowest BCUT2D eigenvalue weighted by molar-refractivity contribution is -0.286. The van der Waals surface area contributed by atoms with Gasteiger partial charge in [-0.25, -0.2) is 4.99 Å². The van der Waals surface area contributed by atoms with Crippen LogP contribution >= 0.6 is 12.4 Å². The van der Waals surface area contributed by atoms with Crippen molar-refractivity contribution in [1.29, 1.82) is 0 Å². The van der Waals surface area contributed by atoms with Gasteiger partial charge in [-0.1, -0.05) is 0 Å². The van der Waals surface area contributed by atoms with Crippen LogP contribution in [-0.4, -0.2) is 42.3 Å². The molecule has 1 N–H and O–H groups in total. The molecule has 1 aromatic carbocycles. The number of hydrogen-bond donors (Lipinski definition) is 1. The molecule has 5 aliphatic heterocycles. The second kappa shape index (κ2) is 5.69. The Balaban J connectivity index is 0.00000157. The molecule has 1 atom stereocenters. The van der Waals surface area contributed by atoms with Crippen molar-refractivity contribution >= 4 is 23.9 Å². The first-order valence-electron chi connectivity index (χ1n) is 8.15. The van der Waals surface area contributed by atoms with E-state index in [0.717, 1.165) is 38.3 Å². The third-order valence-electron chi connectivity index (χ3n) is 5.31. The van der Waals surface area contributed by atoms with E-state index in [9.17, 15) is 8.78 Å². The summed E-state index contributed by atoms with van der Waals surface area (Å²) in [5, 5.41) is 0. The third kappa shape index (κ3) is 2.82. The highest BCUT2D eigenvalue weighted by atomic mass is 35.5. The van der Waals surface area contributed by atoms with Gasteiger partial charge in [-0.3, -0.25) is 10.3 Å². The zero-order valence-corrected chi connectivity index (χ0v) is 14.2. The third-order valence-corrected chi connectivity index (χ3v) is 5.31. The summed E-state index contributed by atoms with van der Waals surface area (Å²) in [5.41, 5.74) is 3.26. The molecule has 25 heavy (non-hydrogen) atoms. The second-order valence-electron chi connectivity index (χ2n) is 6.85. The fourth-order valence-corrected chi connectivity index (χ4v) is 4.18. The number of aliphatic imine (C=N–C) groups is 1. The molecule has 6 nitrogen and oxygen atoms in total. The van der Waals surface area contributed by atoms with E-state index in [4.69, 9.17) is 4.84 Å². The van der Waals surface area contributed by atoms with Crippen LogP contribution in [0.25, 0.3) is 0 Å². The van der Waals surface area contributed by atoms with Crippen LogP contribution in [0.1, 0.15) is 19.3 Å². The highest BCUT2D eigenvalue weighted by Gasteiger charge is 2.52. The van der Waals surface area contributed by atoms with E-state index < -0.39 is 6.29 Å². The smallest absolute Gasteiger partial charge is 0.395 e. The molecule has 0 radical (unpaired) electrons. The predicted octanol–water partition coefficient (Wildman–Crippen LogP) is 2.85. The Morgan fingerprint density at radius 1 is 1.16 bits per heavy atom. The minimum Gasteiger partial charge on any atom is -0.395 e. The van der Waals surface area contributed by atoms with Crippen molar-refractivity contribution in [2.24, 2.45) is 10.9 Å². The standard InChI is InChI=1S/C16H17F2N3O3.ClH/c17-16(18)22-12-2-1-11(7-13(12)23-16)19-14-8-15(24-20-14)9-21-5-3-10(15)4-6-21;/h1-2,7,10H,3-6,8-9H2,(H,19,20);1H/t15-;/m0./s1. The number of amidine groups is 1. The van der Waals surface area contributed by atoms with Crippen molar-refractivity contribution in [3.63, 3.8) is 0 Å². The molecule has 5 heterocycles. The topological polar surface area (TPSA) is 55.3 Å². The molecule has 0 unspecified atom stereocenters. The van der Waals surface area contributed by atoms with Gasteiger partial charge in [-0.05, 0) is 44.0 Å². The summed E-state index contributed by atoms with van der Waals surface area (Å²) >= 11 is 0. The first kappa shape index (κ1) is 16.8. The molecule has 136 valence electrons. The number of alkyl halides is 2. The van der Waals surface area contributed by atoms with Gasteiger partial charge in [0, 0.05) is 19.0 Å². The van der Waals surface area contributed by atoms with Crippen LogP contribution in [0.2, 0.25) is 0 Å². The van der Waals surface area contributed by atoms with Crippen LogP contribution in [0.4, 0.5) is 14.5 Å². The number of rotatable bonds is 1. The molecule has 9 heteroatoms. The number of nitrogens with zero attached hydrogens (tertiary/aromatic N) is 2. The first-order chi connectivity index (χ1) is 11.5. The fraction of sp³-hybridized carbons (Fsp3) is 0.562. The molecule has 2 bridgehead atoms. The van der Waals surface area contributed by atoms with E-state index >= 15 is 0 Å². The van der Waals surface area contributed by atoms with Crippen LogP contribution < -0.4 is 15.0 Å². The SMILES string of the molecule is Cl.FC1(F)Oc2ccc(N=C3C[C@@]4(CN5CCC4CC5)ON3)cc2O1. The molecule has 4 fully saturated rings. The Bertz CT molecular complexity index is 725. The van der Waals surface area contributed by atoms with E-state index in [1.807, 2.05) is 0 Å². The molecule has 5 aliphatic rings. The van der Waals surface area contributed by atoms with Gasteiger partial charge in [0.15, 0.2) is 11.5 Å². The first-order valence-corrected chi connectivity index (χ1v) is 8.15. The predicted molar refractivity (Wildman–Crippen MR) is 87.7 cm³/mol. The zero-order valence-electron chi connectivity index (χ0n) is 13.3. The van der Waals surface area contributed by atoms with Crippen molar-refractivity contribution in [2.75, 3.05) is 19.6 Å². The molecule has 0 aromatic heterocycles. The van der Waals surface area contributed by atoms with E-state index in [2.05, 4.69) is 24.8 Å². The maximum Gasteiger partial charge on any atom is 0.586 e. The van der Waals surface area contributed by atoms with Gasteiger partial charge >= 0.3 is 6.29 Å². The molecule has 1 spiro atoms. The minimum absolute atomic E-state index is 0. The number of nitrogens with one attached hydrogen (secondary N) is 1. The van der Waals surface area contributed by atoms with Crippen LogP contribution in [0.3, 0.4) is 0 Å². The molecular weight excluding hydrogens is 356 g/mol. The highest BCUT2D eigenvalue weighted by Crippen LogP contribution is 2.44. The van der Waals surface area contributed by atoms with Gasteiger partial charge in [0.05, 0.1) is 5.69 Å². The summed E-state index contributed by atoms with van der Waals surface area (Å²) < 4.78 is 35.0. The maximum atomic E-state index is 13.1.